The lowest BCUT2D eigenvalue weighted by molar-refractivity contribution is 0.219. The lowest BCUT2D eigenvalue weighted by Crippen LogP contribution is -2.48. The summed E-state index contributed by atoms with van der Waals surface area (Å²) in [4.78, 5) is 11.0. The molecule has 2 aliphatic heterocycles. The van der Waals surface area contributed by atoms with Crippen molar-refractivity contribution in [2.45, 2.75) is 50.1 Å². The number of aromatic hydroxyl groups is 1. The Bertz CT molecular complexity index is 1190. The van der Waals surface area contributed by atoms with Crippen molar-refractivity contribution in [1.82, 2.24) is 34.7 Å². The van der Waals surface area contributed by atoms with E-state index in [4.69, 9.17) is 9.97 Å². The van der Waals surface area contributed by atoms with Gasteiger partial charge in [-0.25, -0.2) is 9.97 Å². The van der Waals surface area contributed by atoms with E-state index in [-0.39, 0.29) is 5.75 Å². The lowest BCUT2D eigenvalue weighted by atomic mass is 9.79. The second kappa shape index (κ2) is 6.91. The Balaban J connectivity index is 1.31. The summed E-state index contributed by atoms with van der Waals surface area (Å²) in [6.07, 6.45) is 13.3. The van der Waals surface area contributed by atoms with Gasteiger partial charge in [0.1, 0.15) is 5.75 Å². The van der Waals surface area contributed by atoms with Gasteiger partial charge in [-0.1, -0.05) is 6.42 Å². The van der Waals surface area contributed by atoms with Gasteiger partial charge in [0.15, 0.2) is 0 Å². The van der Waals surface area contributed by atoms with E-state index in [1.54, 1.807) is 18.5 Å². The van der Waals surface area contributed by atoms with Gasteiger partial charge in [0.25, 0.3) is 0 Å². The molecule has 4 aromatic rings. The zero-order valence-corrected chi connectivity index (χ0v) is 16.5. The van der Waals surface area contributed by atoms with E-state index in [9.17, 15) is 5.11 Å². The van der Waals surface area contributed by atoms with Crippen LogP contribution in [0.25, 0.3) is 22.7 Å². The molecule has 3 atom stereocenters. The summed E-state index contributed by atoms with van der Waals surface area (Å²) in [5, 5.41) is 22.5. The molecule has 0 aliphatic carbocycles. The molecule has 2 N–H and O–H groups in total. The van der Waals surface area contributed by atoms with Crippen molar-refractivity contribution in [3.63, 3.8) is 0 Å². The summed E-state index contributed by atoms with van der Waals surface area (Å²) in [6.45, 7) is 0. The molecule has 8 heteroatoms. The first-order chi connectivity index (χ1) is 14.7. The van der Waals surface area contributed by atoms with Crippen molar-refractivity contribution in [1.29, 1.82) is 0 Å². The van der Waals surface area contributed by atoms with Crippen molar-refractivity contribution in [2.24, 2.45) is 0 Å². The minimum absolute atomic E-state index is 0.139. The number of nitrogens with one attached hydrogen (secondary N) is 1. The van der Waals surface area contributed by atoms with Gasteiger partial charge >= 0.3 is 0 Å². The Kier molecular flexibility index (Phi) is 4.05. The fraction of sp³-hybridized carbons (Fsp3) is 0.364. The van der Waals surface area contributed by atoms with Gasteiger partial charge in [0.2, 0.25) is 5.78 Å². The molecule has 8 nitrogen and oxygen atoms in total. The summed E-state index contributed by atoms with van der Waals surface area (Å²) >= 11 is 0. The van der Waals surface area contributed by atoms with E-state index in [1.807, 2.05) is 28.9 Å². The maximum absolute atomic E-state index is 10.6. The zero-order chi connectivity index (χ0) is 20.1. The maximum atomic E-state index is 10.6. The highest BCUT2D eigenvalue weighted by molar-refractivity contribution is 5.69. The first kappa shape index (κ1) is 17.6. The highest BCUT2D eigenvalue weighted by Crippen LogP contribution is 2.36. The SMILES string of the molecule is Oc1cc(-n2nccn2)ccc1-c1cn2ccc(C3C[C@H]4CCC[C@@H](C3)N4)nc2n1. The van der Waals surface area contributed by atoms with Crippen LogP contribution in [-0.2, 0) is 0 Å². The van der Waals surface area contributed by atoms with Crippen molar-refractivity contribution < 1.29 is 5.11 Å². The van der Waals surface area contributed by atoms with E-state index >= 15 is 0 Å². The van der Waals surface area contributed by atoms with Crippen LogP contribution in [0.15, 0.2) is 49.1 Å². The summed E-state index contributed by atoms with van der Waals surface area (Å²) < 4.78 is 1.92. The summed E-state index contributed by atoms with van der Waals surface area (Å²) in [5.74, 6) is 1.30. The third-order valence-electron chi connectivity index (χ3n) is 6.39. The molecule has 1 unspecified atom stereocenters. The van der Waals surface area contributed by atoms with Gasteiger partial charge in [-0.05, 0) is 43.9 Å². The number of phenols is 1. The van der Waals surface area contributed by atoms with Crippen molar-refractivity contribution in [2.75, 3.05) is 0 Å². The average molecular weight is 401 g/mol. The van der Waals surface area contributed by atoms with Crippen molar-refractivity contribution >= 4 is 5.78 Å². The Hall–Kier alpha value is -3.26. The van der Waals surface area contributed by atoms with Crippen LogP contribution in [0.1, 0.15) is 43.7 Å². The van der Waals surface area contributed by atoms with Gasteiger partial charge < -0.3 is 10.4 Å². The van der Waals surface area contributed by atoms with Crippen molar-refractivity contribution in [3.05, 3.63) is 54.7 Å². The molecular weight excluding hydrogens is 378 g/mol. The lowest BCUT2D eigenvalue weighted by Gasteiger charge is -2.40. The second-order valence-corrected chi connectivity index (χ2v) is 8.37. The first-order valence-electron chi connectivity index (χ1n) is 10.5. The summed E-state index contributed by atoms with van der Waals surface area (Å²) in [7, 11) is 0. The average Bonchev–Trinajstić information content (AvgIpc) is 3.43. The van der Waals surface area contributed by atoms with Crippen LogP contribution in [0.3, 0.4) is 0 Å². The third kappa shape index (κ3) is 3.04. The zero-order valence-electron chi connectivity index (χ0n) is 16.5. The molecule has 30 heavy (non-hydrogen) atoms. The van der Waals surface area contributed by atoms with Crippen LogP contribution in [0, 0.1) is 0 Å². The Morgan fingerprint density at radius 2 is 1.80 bits per heavy atom. The Labute approximate surface area is 173 Å². The minimum Gasteiger partial charge on any atom is -0.507 e. The fourth-order valence-electron chi connectivity index (χ4n) is 4.96. The van der Waals surface area contributed by atoms with Crippen LogP contribution in [0.4, 0.5) is 0 Å². The predicted octanol–water partition coefficient (Wildman–Crippen LogP) is 3.07. The number of fused-ring (bicyclic) bond motifs is 3. The topological polar surface area (TPSA) is 93.2 Å². The van der Waals surface area contributed by atoms with E-state index < -0.39 is 0 Å². The number of phenolic OH excluding ortho intramolecular Hbond substituents is 1. The molecule has 0 spiro atoms. The van der Waals surface area contributed by atoms with E-state index in [1.165, 1.54) is 24.1 Å². The molecular formula is C22H23N7O. The summed E-state index contributed by atoms with van der Waals surface area (Å²) in [5.41, 5.74) is 3.18. The molecule has 5 heterocycles. The highest BCUT2D eigenvalue weighted by Gasteiger charge is 2.32. The number of piperidine rings is 2. The number of nitrogens with zero attached hydrogens (tertiary/aromatic N) is 6. The molecule has 1 aromatic carbocycles. The van der Waals surface area contributed by atoms with Crippen LogP contribution >= 0.6 is 0 Å². The number of benzene rings is 1. The van der Waals surface area contributed by atoms with Crippen LogP contribution in [0.5, 0.6) is 5.75 Å². The van der Waals surface area contributed by atoms with Gasteiger partial charge in [0, 0.05) is 47.7 Å². The number of hydrogen-bond acceptors (Lipinski definition) is 6. The van der Waals surface area contributed by atoms with Gasteiger partial charge in [-0.15, -0.1) is 0 Å². The molecule has 0 amide bonds. The van der Waals surface area contributed by atoms with Gasteiger partial charge in [-0.3, -0.25) is 4.40 Å². The smallest absolute Gasteiger partial charge is 0.234 e. The molecule has 0 saturated carbocycles. The van der Waals surface area contributed by atoms with Gasteiger partial charge in [0.05, 0.1) is 23.8 Å². The van der Waals surface area contributed by atoms with Crippen molar-refractivity contribution in [3.8, 4) is 22.7 Å². The number of rotatable bonds is 3. The minimum atomic E-state index is 0.139. The molecule has 2 fully saturated rings. The third-order valence-corrected chi connectivity index (χ3v) is 6.39. The van der Waals surface area contributed by atoms with Gasteiger partial charge in [-0.2, -0.15) is 15.0 Å². The van der Waals surface area contributed by atoms with Crippen LogP contribution < -0.4 is 5.32 Å². The molecule has 3 aromatic heterocycles. The predicted molar refractivity (Wildman–Crippen MR) is 112 cm³/mol. The fourth-order valence-corrected chi connectivity index (χ4v) is 4.96. The number of imidazole rings is 1. The maximum Gasteiger partial charge on any atom is 0.234 e. The molecule has 6 rings (SSSR count). The standard InChI is InChI=1S/C22H23N7O/c30-21-12-17(29-23-7-8-24-29)4-5-18(21)20-13-28-9-6-19(26-22(28)27-20)14-10-15-2-1-3-16(11-14)25-15/h4-9,12-16,25,30H,1-3,10-11H2/t14?,15-,16+. The monoisotopic (exact) mass is 401 g/mol. The highest BCUT2D eigenvalue weighted by atomic mass is 16.3. The normalized spacial score (nSPS) is 23.7. The van der Waals surface area contributed by atoms with E-state index in [0.29, 0.717) is 40.7 Å². The summed E-state index contributed by atoms with van der Waals surface area (Å²) in [6, 6.07) is 8.71. The van der Waals surface area contributed by atoms with E-state index in [2.05, 4.69) is 21.6 Å². The number of aromatic nitrogens is 6. The first-order valence-corrected chi connectivity index (χ1v) is 10.5. The Morgan fingerprint density at radius 1 is 1.00 bits per heavy atom. The van der Waals surface area contributed by atoms with E-state index in [0.717, 1.165) is 18.5 Å². The molecule has 152 valence electrons. The molecule has 2 saturated heterocycles. The number of hydrogen-bond donors (Lipinski definition) is 2. The molecule has 2 bridgehead atoms. The molecule has 2 aliphatic rings. The van der Waals surface area contributed by atoms with Crippen LogP contribution in [-0.4, -0.2) is 46.6 Å². The largest absolute Gasteiger partial charge is 0.507 e. The van der Waals surface area contributed by atoms with Crippen LogP contribution in [0.2, 0.25) is 0 Å². The molecule has 0 radical (unpaired) electrons. The Morgan fingerprint density at radius 3 is 2.57 bits per heavy atom. The quantitative estimate of drug-likeness (QED) is 0.548. The second-order valence-electron chi connectivity index (χ2n) is 8.37.